The fraction of sp³-hybridized carbons (Fsp3) is 0.533. The Morgan fingerprint density at radius 3 is 2.35 bits per heavy atom. The quantitative estimate of drug-likeness (QED) is 0.873. The molecule has 1 aromatic rings. The lowest BCUT2D eigenvalue weighted by Crippen LogP contribution is -2.48. The highest BCUT2D eigenvalue weighted by Gasteiger charge is 2.31. The van der Waals surface area contributed by atoms with Crippen molar-refractivity contribution < 1.29 is 17.9 Å². The number of halogens is 1. The maximum atomic E-state index is 12.3. The maximum absolute atomic E-state index is 12.3. The van der Waals surface area contributed by atoms with Crippen LogP contribution in [0.4, 0.5) is 5.69 Å². The van der Waals surface area contributed by atoms with Gasteiger partial charge in [0.15, 0.2) is 0 Å². The molecule has 0 radical (unpaired) electrons. The van der Waals surface area contributed by atoms with E-state index in [4.69, 9.17) is 16.3 Å². The van der Waals surface area contributed by atoms with Gasteiger partial charge in [0, 0.05) is 16.6 Å². The van der Waals surface area contributed by atoms with Crippen molar-refractivity contribution in [3.05, 3.63) is 22.7 Å². The number of aryl methyl sites for hydroxylation is 1. The zero-order chi connectivity index (χ0) is 18.0. The van der Waals surface area contributed by atoms with Gasteiger partial charge in [-0.2, -0.15) is 4.31 Å². The largest absolute Gasteiger partial charge is 0.495 e. The second-order valence-corrected chi connectivity index (χ2v) is 8.60. The third-order valence-electron chi connectivity index (χ3n) is 3.19. The highest BCUT2D eigenvalue weighted by Crippen LogP contribution is 2.31. The number of rotatable bonds is 5. The monoisotopic (exact) mass is 362 g/mol. The summed E-state index contributed by atoms with van der Waals surface area (Å²) < 4.78 is 30.1. The molecule has 1 amide bonds. The zero-order valence-electron chi connectivity index (χ0n) is 14.2. The summed E-state index contributed by atoms with van der Waals surface area (Å²) in [6.45, 7) is 6.71. The van der Waals surface area contributed by atoms with Crippen LogP contribution in [-0.2, 0) is 14.8 Å². The number of nitrogens with zero attached hydrogens (tertiary/aromatic N) is 1. The Balaban J connectivity index is 3.02. The van der Waals surface area contributed by atoms with Gasteiger partial charge in [-0.15, -0.1) is 0 Å². The molecule has 130 valence electrons. The molecule has 1 N–H and O–H groups in total. The van der Waals surface area contributed by atoms with Gasteiger partial charge >= 0.3 is 0 Å². The topological polar surface area (TPSA) is 75.7 Å². The van der Waals surface area contributed by atoms with Crippen molar-refractivity contribution in [1.82, 2.24) is 4.31 Å². The summed E-state index contributed by atoms with van der Waals surface area (Å²) in [6.07, 6.45) is 1.08. The summed E-state index contributed by atoms with van der Waals surface area (Å²) in [5.41, 5.74) is 0.519. The minimum Gasteiger partial charge on any atom is -0.495 e. The highest BCUT2D eigenvalue weighted by atomic mass is 35.5. The van der Waals surface area contributed by atoms with E-state index in [1.807, 2.05) is 0 Å². The van der Waals surface area contributed by atoms with Crippen LogP contribution < -0.4 is 10.1 Å². The summed E-state index contributed by atoms with van der Waals surface area (Å²) in [6, 6.07) is 3.28. The number of anilines is 1. The molecule has 0 unspecified atom stereocenters. The van der Waals surface area contributed by atoms with Gasteiger partial charge < -0.3 is 10.1 Å². The molecular weight excluding hydrogens is 340 g/mol. The van der Waals surface area contributed by atoms with E-state index < -0.39 is 21.5 Å². The van der Waals surface area contributed by atoms with E-state index in [1.54, 1.807) is 39.8 Å². The van der Waals surface area contributed by atoms with Gasteiger partial charge in [0.2, 0.25) is 15.9 Å². The van der Waals surface area contributed by atoms with E-state index in [0.717, 1.165) is 16.1 Å². The summed E-state index contributed by atoms with van der Waals surface area (Å²) in [7, 11) is -2.05. The van der Waals surface area contributed by atoms with Crippen LogP contribution in [0, 0.1) is 6.92 Å². The molecule has 6 nitrogen and oxygen atoms in total. The molecule has 0 aromatic heterocycles. The van der Waals surface area contributed by atoms with Crippen LogP contribution >= 0.6 is 11.6 Å². The van der Waals surface area contributed by atoms with Crippen molar-refractivity contribution >= 4 is 33.2 Å². The number of amides is 1. The molecule has 0 aliphatic carbocycles. The Kier molecular flexibility index (Phi) is 6.06. The summed E-state index contributed by atoms with van der Waals surface area (Å²) in [5.74, 6) is -0.0408. The Bertz CT molecular complexity index is 696. The Hall–Kier alpha value is -1.31. The molecule has 0 fully saturated rings. The Morgan fingerprint density at radius 1 is 1.35 bits per heavy atom. The molecule has 0 heterocycles. The Labute approximate surface area is 142 Å². The second-order valence-electron chi connectivity index (χ2n) is 6.29. The van der Waals surface area contributed by atoms with Gasteiger partial charge in [-0.25, -0.2) is 8.42 Å². The van der Waals surface area contributed by atoms with Crippen LogP contribution in [0.2, 0.25) is 5.02 Å². The zero-order valence-corrected chi connectivity index (χ0v) is 15.8. The summed E-state index contributed by atoms with van der Waals surface area (Å²) in [4.78, 5) is 12.3. The third-order valence-corrected chi connectivity index (χ3v) is 5.08. The molecule has 0 spiro atoms. The lowest BCUT2D eigenvalue weighted by molar-refractivity contribution is -0.117. The average Bonchev–Trinajstić information content (AvgIpc) is 2.37. The van der Waals surface area contributed by atoms with Crippen LogP contribution in [0.1, 0.15) is 26.3 Å². The third kappa shape index (κ3) is 5.37. The van der Waals surface area contributed by atoms with Gasteiger partial charge in [-0.1, -0.05) is 11.6 Å². The van der Waals surface area contributed by atoms with E-state index in [9.17, 15) is 13.2 Å². The smallest absolute Gasteiger partial charge is 0.239 e. The molecule has 1 rings (SSSR count). The predicted molar refractivity (Wildman–Crippen MR) is 92.7 cm³/mol. The molecule has 0 saturated heterocycles. The molecule has 0 aliphatic rings. The number of methoxy groups -OCH3 is 1. The first-order valence-electron chi connectivity index (χ1n) is 6.98. The van der Waals surface area contributed by atoms with Gasteiger partial charge in [-0.05, 0) is 39.3 Å². The number of carbonyl (C=O) groups is 1. The lowest BCUT2D eigenvalue weighted by Gasteiger charge is -2.32. The molecule has 0 atom stereocenters. The van der Waals surface area contributed by atoms with Crippen LogP contribution in [0.25, 0.3) is 0 Å². The molecule has 0 aliphatic heterocycles. The molecule has 8 heteroatoms. The predicted octanol–water partition coefficient (Wildman–Crippen LogP) is 2.66. The van der Waals surface area contributed by atoms with Crippen molar-refractivity contribution in [1.29, 1.82) is 0 Å². The van der Waals surface area contributed by atoms with Gasteiger partial charge in [0.25, 0.3) is 0 Å². The van der Waals surface area contributed by atoms with E-state index in [1.165, 1.54) is 7.11 Å². The fourth-order valence-corrected chi connectivity index (χ4v) is 3.60. The standard InChI is InChI=1S/C15H23ClN2O4S/c1-10-7-12(13(22-5)8-11(10)16)17-14(19)9-18(15(2,3)4)23(6,20)21/h7-8H,9H2,1-6H3,(H,17,19). The van der Waals surface area contributed by atoms with Gasteiger partial charge in [0.05, 0.1) is 25.6 Å². The summed E-state index contributed by atoms with van der Waals surface area (Å²) in [5, 5.41) is 3.20. The number of benzene rings is 1. The number of nitrogens with one attached hydrogen (secondary N) is 1. The van der Waals surface area contributed by atoms with Crippen LogP contribution in [0.5, 0.6) is 5.75 Å². The molecule has 0 saturated carbocycles. The van der Waals surface area contributed by atoms with Crippen molar-refractivity contribution in [3.8, 4) is 5.75 Å². The first-order valence-corrected chi connectivity index (χ1v) is 9.20. The molecular formula is C15H23ClN2O4S. The SMILES string of the molecule is COc1cc(Cl)c(C)cc1NC(=O)CN(C(C)(C)C)S(C)(=O)=O. The summed E-state index contributed by atoms with van der Waals surface area (Å²) >= 11 is 6.02. The van der Waals surface area contributed by atoms with Crippen LogP contribution in [0.15, 0.2) is 12.1 Å². The van der Waals surface area contributed by atoms with E-state index in [2.05, 4.69) is 5.32 Å². The van der Waals surface area contributed by atoms with Crippen LogP contribution in [0.3, 0.4) is 0 Å². The molecule has 0 bridgehead atoms. The maximum Gasteiger partial charge on any atom is 0.239 e. The number of sulfonamides is 1. The van der Waals surface area contributed by atoms with E-state index in [0.29, 0.717) is 16.5 Å². The van der Waals surface area contributed by atoms with Crippen LogP contribution in [-0.4, -0.2) is 44.1 Å². The van der Waals surface area contributed by atoms with Crippen molar-refractivity contribution in [2.75, 3.05) is 25.2 Å². The highest BCUT2D eigenvalue weighted by molar-refractivity contribution is 7.88. The van der Waals surface area contributed by atoms with E-state index >= 15 is 0 Å². The molecule has 1 aromatic carbocycles. The van der Waals surface area contributed by atoms with E-state index in [-0.39, 0.29) is 6.54 Å². The van der Waals surface area contributed by atoms with Crippen molar-refractivity contribution in [2.45, 2.75) is 33.2 Å². The average molecular weight is 363 g/mol. The molecule has 23 heavy (non-hydrogen) atoms. The minimum absolute atomic E-state index is 0.285. The van der Waals surface area contributed by atoms with Gasteiger partial charge in [0.1, 0.15) is 5.75 Å². The second kappa shape index (κ2) is 7.07. The van der Waals surface area contributed by atoms with Gasteiger partial charge in [-0.3, -0.25) is 4.79 Å². The number of hydrogen-bond acceptors (Lipinski definition) is 4. The fourth-order valence-electron chi connectivity index (χ4n) is 2.10. The van der Waals surface area contributed by atoms with Crippen molar-refractivity contribution in [3.63, 3.8) is 0 Å². The first kappa shape index (κ1) is 19.7. The number of ether oxygens (including phenoxy) is 1. The first-order chi connectivity index (χ1) is 10.4. The Morgan fingerprint density at radius 2 is 1.91 bits per heavy atom. The minimum atomic E-state index is -3.52. The normalized spacial score (nSPS) is 12.3. The van der Waals surface area contributed by atoms with Crippen molar-refractivity contribution in [2.24, 2.45) is 0 Å². The number of carbonyl (C=O) groups excluding carboxylic acids is 1. The number of hydrogen-bond donors (Lipinski definition) is 1. The lowest BCUT2D eigenvalue weighted by atomic mass is 10.1.